The van der Waals surface area contributed by atoms with E-state index in [1.54, 1.807) is 0 Å². The molecule has 0 rings (SSSR count). The number of unbranched alkanes of at least 4 members (excludes halogenated alkanes) is 3. The van der Waals surface area contributed by atoms with E-state index in [1.807, 2.05) is 0 Å². The van der Waals surface area contributed by atoms with Crippen LogP contribution in [0.1, 0.15) is 66.7 Å². The molecule has 0 heterocycles. The smallest absolute Gasteiger partial charge is 0.165 e. The zero-order chi connectivity index (χ0) is 11.9. The molecule has 0 aliphatic carbocycles. The van der Waals surface area contributed by atoms with Crippen molar-refractivity contribution in [2.24, 2.45) is 5.41 Å². The largest absolute Gasteiger partial charge is 0.484 e. The second-order valence-electron chi connectivity index (χ2n) is 5.32. The van der Waals surface area contributed by atoms with Crippen molar-refractivity contribution in [3.8, 4) is 0 Å². The van der Waals surface area contributed by atoms with Crippen LogP contribution in [0.15, 0.2) is 0 Å². The molecule has 0 radical (unpaired) electrons. The van der Waals surface area contributed by atoms with Gasteiger partial charge in [0.1, 0.15) is 0 Å². The molecule has 0 aromatic heterocycles. The molecule has 0 spiro atoms. The topological polar surface area (TPSA) is 9.23 Å². The second-order valence-corrected chi connectivity index (χ2v) is 5.69. The molecule has 1 nitrogen and oxygen atoms in total. The highest BCUT2D eigenvalue weighted by Crippen LogP contribution is 2.19. The summed E-state index contributed by atoms with van der Waals surface area (Å²) in [6.07, 6.45) is 6.57. The maximum absolute atomic E-state index is 5.73. The van der Waals surface area contributed by atoms with E-state index < -0.39 is 0 Å². The summed E-state index contributed by atoms with van der Waals surface area (Å²) in [6, 6.07) is 0. The fourth-order valence-corrected chi connectivity index (χ4v) is 1.44. The molecule has 0 N–H and O–H groups in total. The number of thiocarbonyl (C=S) groups is 1. The summed E-state index contributed by atoms with van der Waals surface area (Å²) in [5, 5.41) is 0.741. The van der Waals surface area contributed by atoms with Gasteiger partial charge in [0.2, 0.25) is 0 Å². The molecule has 0 aromatic carbocycles. The third-order valence-corrected chi connectivity index (χ3v) is 3.09. The Morgan fingerprint density at radius 3 is 2.27 bits per heavy atom. The summed E-state index contributed by atoms with van der Waals surface area (Å²) in [7, 11) is 0. The lowest BCUT2D eigenvalue weighted by Gasteiger charge is -2.24. The molecule has 2 heteroatoms. The molecule has 0 amide bonds. The molecule has 90 valence electrons. The lowest BCUT2D eigenvalue weighted by molar-refractivity contribution is 0.176. The van der Waals surface area contributed by atoms with E-state index in [2.05, 4.69) is 34.6 Å². The first-order valence-electron chi connectivity index (χ1n) is 6.09. The Morgan fingerprint density at radius 2 is 1.80 bits per heavy atom. The summed E-state index contributed by atoms with van der Waals surface area (Å²) in [6.45, 7) is 10.6. The third-order valence-electron chi connectivity index (χ3n) is 2.38. The fraction of sp³-hybridized carbons (Fsp3) is 0.923. The van der Waals surface area contributed by atoms with Crippen molar-refractivity contribution in [1.29, 1.82) is 0 Å². The highest BCUT2D eigenvalue weighted by Gasteiger charge is 2.20. The van der Waals surface area contributed by atoms with Gasteiger partial charge in [-0.2, -0.15) is 0 Å². The lowest BCUT2D eigenvalue weighted by atomic mass is 9.98. The van der Waals surface area contributed by atoms with Gasteiger partial charge in [-0.1, -0.05) is 47.0 Å². The van der Waals surface area contributed by atoms with Crippen LogP contribution in [-0.2, 0) is 4.74 Å². The van der Waals surface area contributed by atoms with Crippen LogP contribution in [0.5, 0.6) is 0 Å². The van der Waals surface area contributed by atoms with Crippen molar-refractivity contribution in [1.82, 2.24) is 0 Å². The molecule has 0 aliphatic rings. The van der Waals surface area contributed by atoms with E-state index in [4.69, 9.17) is 17.0 Å². The van der Waals surface area contributed by atoms with Crippen LogP contribution in [0, 0.1) is 5.41 Å². The number of rotatable bonds is 6. The average molecular weight is 230 g/mol. The van der Waals surface area contributed by atoms with Crippen molar-refractivity contribution in [3.05, 3.63) is 0 Å². The fourth-order valence-electron chi connectivity index (χ4n) is 1.28. The molecule has 15 heavy (non-hydrogen) atoms. The summed E-state index contributed by atoms with van der Waals surface area (Å²) >= 11 is 5.25. The number of hydrogen-bond donors (Lipinski definition) is 0. The summed E-state index contributed by atoms with van der Waals surface area (Å²) in [5.74, 6) is 0. The Balaban J connectivity index is 3.65. The van der Waals surface area contributed by atoms with Crippen molar-refractivity contribution < 1.29 is 4.74 Å². The summed E-state index contributed by atoms with van der Waals surface area (Å²) in [5.41, 5.74) is -0.00693. The SMILES string of the molecule is CCCCCCC(C)OC(=S)C(C)(C)C. The first kappa shape index (κ1) is 14.9. The Labute approximate surface area is 101 Å². The molecule has 0 aromatic rings. The van der Waals surface area contributed by atoms with Crippen LogP contribution in [0.3, 0.4) is 0 Å². The van der Waals surface area contributed by atoms with Gasteiger partial charge in [-0.25, -0.2) is 0 Å². The minimum absolute atomic E-state index is 0.00693. The van der Waals surface area contributed by atoms with E-state index in [-0.39, 0.29) is 11.5 Å². The first-order chi connectivity index (χ1) is 6.88. The van der Waals surface area contributed by atoms with Gasteiger partial charge in [-0.15, -0.1) is 0 Å². The summed E-state index contributed by atoms with van der Waals surface area (Å²) in [4.78, 5) is 0. The maximum atomic E-state index is 5.73. The number of ether oxygens (including phenoxy) is 1. The van der Waals surface area contributed by atoms with E-state index >= 15 is 0 Å². The predicted molar refractivity (Wildman–Crippen MR) is 71.4 cm³/mol. The van der Waals surface area contributed by atoms with Gasteiger partial charge in [-0.3, -0.25) is 0 Å². The highest BCUT2D eigenvalue weighted by molar-refractivity contribution is 7.80. The average Bonchev–Trinajstić information content (AvgIpc) is 2.11. The van der Waals surface area contributed by atoms with Gasteiger partial charge >= 0.3 is 0 Å². The molecule has 1 unspecified atom stereocenters. The van der Waals surface area contributed by atoms with Crippen LogP contribution in [0.25, 0.3) is 0 Å². The minimum atomic E-state index is -0.00693. The van der Waals surface area contributed by atoms with E-state index in [1.165, 1.54) is 25.7 Å². The number of hydrogen-bond acceptors (Lipinski definition) is 2. The molecule has 1 atom stereocenters. The van der Waals surface area contributed by atoms with E-state index in [9.17, 15) is 0 Å². The van der Waals surface area contributed by atoms with Crippen LogP contribution < -0.4 is 0 Å². The van der Waals surface area contributed by atoms with E-state index in [0.29, 0.717) is 0 Å². The molecule has 0 bridgehead atoms. The monoisotopic (exact) mass is 230 g/mol. The highest BCUT2D eigenvalue weighted by atomic mass is 32.1. The van der Waals surface area contributed by atoms with Gasteiger partial charge in [-0.05, 0) is 32.0 Å². The molecule has 0 saturated heterocycles. The van der Waals surface area contributed by atoms with Gasteiger partial charge in [0.05, 0.1) is 6.10 Å². The standard InChI is InChI=1S/C13H26OS/c1-6-7-8-9-10-11(2)14-12(15)13(3,4)5/h11H,6-10H2,1-5H3. The molecular formula is C13H26OS. The first-order valence-corrected chi connectivity index (χ1v) is 6.49. The Morgan fingerprint density at radius 1 is 1.20 bits per heavy atom. The Kier molecular flexibility index (Phi) is 7.16. The van der Waals surface area contributed by atoms with Crippen LogP contribution in [-0.4, -0.2) is 11.2 Å². The van der Waals surface area contributed by atoms with Gasteiger partial charge < -0.3 is 4.74 Å². The Hall–Kier alpha value is -0.110. The van der Waals surface area contributed by atoms with Gasteiger partial charge in [0, 0.05) is 5.41 Å². The maximum Gasteiger partial charge on any atom is 0.165 e. The molecular weight excluding hydrogens is 204 g/mol. The zero-order valence-electron chi connectivity index (χ0n) is 10.9. The summed E-state index contributed by atoms with van der Waals surface area (Å²) < 4.78 is 5.73. The van der Waals surface area contributed by atoms with E-state index in [0.717, 1.165) is 11.5 Å². The van der Waals surface area contributed by atoms with Crippen molar-refractivity contribution in [3.63, 3.8) is 0 Å². The van der Waals surface area contributed by atoms with Crippen molar-refractivity contribution in [2.75, 3.05) is 0 Å². The minimum Gasteiger partial charge on any atom is -0.484 e. The quantitative estimate of drug-likeness (QED) is 0.481. The molecule has 0 aliphatic heterocycles. The van der Waals surface area contributed by atoms with Crippen LogP contribution >= 0.6 is 12.2 Å². The van der Waals surface area contributed by atoms with Crippen LogP contribution in [0.2, 0.25) is 0 Å². The zero-order valence-corrected chi connectivity index (χ0v) is 11.7. The van der Waals surface area contributed by atoms with Gasteiger partial charge in [0.25, 0.3) is 0 Å². The molecule has 0 fully saturated rings. The molecule has 0 saturated carbocycles. The van der Waals surface area contributed by atoms with Crippen LogP contribution in [0.4, 0.5) is 0 Å². The van der Waals surface area contributed by atoms with Gasteiger partial charge in [0.15, 0.2) is 5.05 Å². The van der Waals surface area contributed by atoms with Crippen molar-refractivity contribution >= 4 is 17.3 Å². The Bertz CT molecular complexity index is 181. The lowest BCUT2D eigenvalue weighted by Crippen LogP contribution is -2.25. The second kappa shape index (κ2) is 7.21. The van der Waals surface area contributed by atoms with Crippen molar-refractivity contribution in [2.45, 2.75) is 72.8 Å². The normalized spacial score (nSPS) is 13.7. The third kappa shape index (κ3) is 7.78. The predicted octanol–water partition coefficient (Wildman–Crippen LogP) is 4.74.